The number of urea groups is 1. The molecule has 0 aromatic carbocycles. The van der Waals surface area contributed by atoms with Gasteiger partial charge in [0.25, 0.3) is 0 Å². The van der Waals surface area contributed by atoms with Crippen LogP contribution >= 0.6 is 0 Å². The Labute approximate surface area is 109 Å². The molecule has 0 bridgehead atoms. The summed E-state index contributed by atoms with van der Waals surface area (Å²) >= 11 is 0. The van der Waals surface area contributed by atoms with Crippen molar-refractivity contribution in [2.75, 3.05) is 13.1 Å². The van der Waals surface area contributed by atoms with Crippen molar-refractivity contribution in [3.63, 3.8) is 0 Å². The van der Waals surface area contributed by atoms with Gasteiger partial charge in [0.1, 0.15) is 0 Å². The molecule has 5 nitrogen and oxygen atoms in total. The quantitative estimate of drug-likeness (QED) is 0.795. The van der Waals surface area contributed by atoms with Crippen molar-refractivity contribution in [3.8, 4) is 0 Å². The minimum atomic E-state index is -0.706. The highest BCUT2D eigenvalue weighted by atomic mass is 16.2. The number of nitrogens with two attached hydrogens (primary N) is 1. The fourth-order valence-corrected chi connectivity index (χ4v) is 2.22. The van der Waals surface area contributed by atoms with Gasteiger partial charge in [-0.25, -0.2) is 4.79 Å². The van der Waals surface area contributed by atoms with Gasteiger partial charge in [0.2, 0.25) is 5.91 Å². The van der Waals surface area contributed by atoms with E-state index in [1.165, 1.54) is 0 Å². The second-order valence-electron chi connectivity index (χ2n) is 6.05. The molecule has 1 saturated heterocycles. The second-order valence-corrected chi connectivity index (χ2v) is 6.05. The normalized spacial score (nSPS) is 20.3. The van der Waals surface area contributed by atoms with Crippen LogP contribution in [0.2, 0.25) is 0 Å². The smallest absolute Gasteiger partial charge is 0.317 e. The third-order valence-electron chi connectivity index (χ3n) is 3.68. The number of nitrogens with one attached hydrogen (secondary N) is 1. The van der Waals surface area contributed by atoms with Crippen molar-refractivity contribution >= 4 is 11.9 Å². The molecule has 1 heterocycles. The van der Waals surface area contributed by atoms with Crippen LogP contribution in [0.5, 0.6) is 0 Å². The molecular formula is C13H25N3O2. The van der Waals surface area contributed by atoms with Gasteiger partial charge in [0, 0.05) is 19.1 Å². The molecule has 1 aliphatic heterocycles. The third-order valence-corrected chi connectivity index (χ3v) is 3.68. The van der Waals surface area contributed by atoms with E-state index in [4.69, 9.17) is 5.73 Å². The molecule has 0 spiro atoms. The molecule has 18 heavy (non-hydrogen) atoms. The SMILES string of the molecule is CC(C)[C@@H]1CCCN1C(=O)NCC(C)(C)C(N)=O. The molecule has 1 fully saturated rings. The summed E-state index contributed by atoms with van der Waals surface area (Å²) in [4.78, 5) is 25.2. The van der Waals surface area contributed by atoms with Crippen LogP contribution in [0, 0.1) is 11.3 Å². The van der Waals surface area contributed by atoms with Crippen LogP contribution in [0.15, 0.2) is 0 Å². The molecule has 0 unspecified atom stereocenters. The maximum Gasteiger partial charge on any atom is 0.317 e. The summed E-state index contributed by atoms with van der Waals surface area (Å²) in [7, 11) is 0. The molecule has 5 heteroatoms. The fourth-order valence-electron chi connectivity index (χ4n) is 2.22. The summed E-state index contributed by atoms with van der Waals surface area (Å²) in [5.41, 5.74) is 4.58. The van der Waals surface area contributed by atoms with Crippen LogP contribution in [0.1, 0.15) is 40.5 Å². The Hall–Kier alpha value is -1.26. The van der Waals surface area contributed by atoms with Crippen molar-refractivity contribution in [2.24, 2.45) is 17.1 Å². The molecule has 0 aliphatic carbocycles. The van der Waals surface area contributed by atoms with Crippen molar-refractivity contribution in [1.82, 2.24) is 10.2 Å². The number of nitrogens with zero attached hydrogens (tertiary/aromatic N) is 1. The van der Waals surface area contributed by atoms with E-state index in [9.17, 15) is 9.59 Å². The van der Waals surface area contributed by atoms with Crippen LogP contribution in [-0.4, -0.2) is 36.0 Å². The number of hydrogen-bond donors (Lipinski definition) is 2. The van der Waals surface area contributed by atoms with Gasteiger partial charge in [-0.2, -0.15) is 0 Å². The van der Waals surface area contributed by atoms with Gasteiger partial charge >= 0.3 is 6.03 Å². The molecule has 104 valence electrons. The van der Waals surface area contributed by atoms with Gasteiger partial charge in [-0.15, -0.1) is 0 Å². The van der Waals surface area contributed by atoms with E-state index in [-0.39, 0.29) is 12.6 Å². The number of primary amides is 1. The van der Waals surface area contributed by atoms with Crippen molar-refractivity contribution in [2.45, 2.75) is 46.6 Å². The maximum absolute atomic E-state index is 12.1. The summed E-state index contributed by atoms with van der Waals surface area (Å²) in [6.45, 7) is 8.81. The van der Waals surface area contributed by atoms with E-state index in [2.05, 4.69) is 19.2 Å². The Bertz CT molecular complexity index is 326. The highest BCUT2D eigenvalue weighted by Crippen LogP contribution is 2.23. The molecule has 3 amide bonds. The number of likely N-dealkylation sites (tertiary alicyclic amines) is 1. The van der Waals surface area contributed by atoms with Gasteiger partial charge < -0.3 is 16.0 Å². The van der Waals surface area contributed by atoms with E-state index < -0.39 is 11.3 Å². The molecule has 0 radical (unpaired) electrons. The molecule has 3 N–H and O–H groups in total. The Balaban J connectivity index is 2.53. The highest BCUT2D eigenvalue weighted by Gasteiger charge is 2.32. The zero-order chi connectivity index (χ0) is 13.9. The van der Waals surface area contributed by atoms with Crippen molar-refractivity contribution in [1.29, 1.82) is 0 Å². The minimum Gasteiger partial charge on any atom is -0.369 e. The Kier molecular flexibility index (Phi) is 4.59. The predicted molar refractivity (Wildman–Crippen MR) is 70.9 cm³/mol. The van der Waals surface area contributed by atoms with E-state index in [1.54, 1.807) is 13.8 Å². The van der Waals surface area contributed by atoms with Gasteiger partial charge in [0.05, 0.1) is 5.41 Å². The standard InChI is InChI=1S/C13H25N3O2/c1-9(2)10-6-5-7-16(10)12(18)15-8-13(3,4)11(14)17/h9-10H,5-8H2,1-4H3,(H2,14,17)(H,15,18)/t10-/m0/s1. The maximum atomic E-state index is 12.1. The van der Waals surface area contributed by atoms with E-state index in [1.807, 2.05) is 4.90 Å². The zero-order valence-electron chi connectivity index (χ0n) is 11.8. The predicted octanol–water partition coefficient (Wildman–Crippen LogP) is 1.33. The molecule has 1 aliphatic rings. The van der Waals surface area contributed by atoms with Crippen LogP contribution < -0.4 is 11.1 Å². The van der Waals surface area contributed by atoms with Crippen molar-refractivity contribution in [3.05, 3.63) is 0 Å². The lowest BCUT2D eigenvalue weighted by molar-refractivity contribution is -0.125. The molecule has 0 aromatic rings. The first-order valence-electron chi connectivity index (χ1n) is 6.60. The minimum absolute atomic E-state index is 0.0828. The zero-order valence-corrected chi connectivity index (χ0v) is 11.8. The summed E-state index contributed by atoms with van der Waals surface area (Å²) in [6.07, 6.45) is 2.11. The summed E-state index contributed by atoms with van der Waals surface area (Å²) in [6, 6.07) is 0.224. The number of hydrogen-bond acceptors (Lipinski definition) is 2. The average Bonchev–Trinajstić information content (AvgIpc) is 2.74. The largest absolute Gasteiger partial charge is 0.369 e. The highest BCUT2D eigenvalue weighted by molar-refractivity contribution is 5.81. The first-order chi connectivity index (χ1) is 8.25. The molecular weight excluding hydrogens is 230 g/mol. The lowest BCUT2D eigenvalue weighted by Crippen LogP contribution is -2.49. The number of carbonyl (C=O) groups excluding carboxylic acids is 2. The summed E-state index contributed by atoms with van der Waals surface area (Å²) in [5.74, 6) is 0.0621. The number of carbonyl (C=O) groups is 2. The first kappa shape index (κ1) is 14.8. The van der Waals surface area contributed by atoms with E-state index in [0.717, 1.165) is 19.4 Å². The van der Waals surface area contributed by atoms with Gasteiger partial charge in [-0.05, 0) is 32.6 Å². The number of rotatable bonds is 4. The van der Waals surface area contributed by atoms with Crippen LogP contribution in [0.25, 0.3) is 0 Å². The lowest BCUT2D eigenvalue weighted by Gasteiger charge is -2.29. The van der Waals surface area contributed by atoms with E-state index >= 15 is 0 Å². The molecule has 1 atom stereocenters. The van der Waals surface area contributed by atoms with Crippen molar-refractivity contribution < 1.29 is 9.59 Å². The third kappa shape index (κ3) is 3.37. The molecule has 1 rings (SSSR count). The Morgan fingerprint density at radius 3 is 2.56 bits per heavy atom. The van der Waals surface area contributed by atoms with Crippen LogP contribution in [0.4, 0.5) is 4.79 Å². The fraction of sp³-hybridized carbons (Fsp3) is 0.846. The average molecular weight is 255 g/mol. The Morgan fingerprint density at radius 2 is 2.06 bits per heavy atom. The topological polar surface area (TPSA) is 75.4 Å². The number of amides is 3. The second kappa shape index (κ2) is 5.59. The summed E-state index contributed by atoms with van der Waals surface area (Å²) in [5, 5.41) is 2.82. The van der Waals surface area contributed by atoms with Crippen LogP contribution in [0.3, 0.4) is 0 Å². The lowest BCUT2D eigenvalue weighted by atomic mass is 9.93. The monoisotopic (exact) mass is 255 g/mol. The summed E-state index contributed by atoms with van der Waals surface area (Å²) < 4.78 is 0. The van der Waals surface area contributed by atoms with E-state index in [0.29, 0.717) is 12.0 Å². The van der Waals surface area contributed by atoms with Crippen LogP contribution in [-0.2, 0) is 4.79 Å². The Morgan fingerprint density at radius 1 is 1.44 bits per heavy atom. The van der Waals surface area contributed by atoms with Gasteiger partial charge in [-0.3, -0.25) is 4.79 Å². The first-order valence-corrected chi connectivity index (χ1v) is 6.60. The molecule has 0 aromatic heterocycles. The van der Waals surface area contributed by atoms with Gasteiger partial charge in [0.15, 0.2) is 0 Å². The van der Waals surface area contributed by atoms with Gasteiger partial charge in [-0.1, -0.05) is 13.8 Å². The molecule has 0 saturated carbocycles.